The predicted octanol–water partition coefficient (Wildman–Crippen LogP) is 4.09. The molecule has 0 spiro atoms. The molecule has 2 aromatic rings. The van der Waals surface area contributed by atoms with E-state index >= 15 is 0 Å². The van der Waals surface area contributed by atoms with E-state index in [0.717, 1.165) is 17.5 Å². The monoisotopic (exact) mass is 367 g/mol. The van der Waals surface area contributed by atoms with Crippen molar-refractivity contribution in [1.29, 1.82) is 0 Å². The summed E-state index contributed by atoms with van der Waals surface area (Å²) in [6.45, 7) is 5.96. The minimum Gasteiger partial charge on any atom is -0.444 e. The SMILES string of the molecule is CC(C)(C)OC(=O)N1CCCC1C(=O)Nc1ccc(-c2ccccc2)cn1. The van der Waals surface area contributed by atoms with Crippen LogP contribution in [-0.4, -0.2) is 40.1 Å². The van der Waals surface area contributed by atoms with Gasteiger partial charge in [0.05, 0.1) is 0 Å². The summed E-state index contributed by atoms with van der Waals surface area (Å²) in [5.41, 5.74) is 1.45. The third-order valence-electron chi connectivity index (χ3n) is 4.31. The molecule has 142 valence electrons. The fourth-order valence-corrected chi connectivity index (χ4v) is 3.06. The molecule has 6 nitrogen and oxygen atoms in total. The molecular weight excluding hydrogens is 342 g/mol. The number of benzene rings is 1. The molecule has 1 fully saturated rings. The number of carbonyl (C=O) groups is 2. The Hall–Kier alpha value is -2.89. The Balaban J connectivity index is 1.65. The number of aromatic nitrogens is 1. The third kappa shape index (κ3) is 4.84. The van der Waals surface area contributed by atoms with Crippen LogP contribution in [0.4, 0.5) is 10.6 Å². The van der Waals surface area contributed by atoms with Gasteiger partial charge in [0.15, 0.2) is 0 Å². The molecule has 1 unspecified atom stereocenters. The van der Waals surface area contributed by atoms with Crippen molar-refractivity contribution >= 4 is 17.8 Å². The van der Waals surface area contributed by atoms with E-state index in [1.54, 1.807) is 12.3 Å². The Kier molecular flexibility index (Phi) is 5.44. The number of amides is 2. The summed E-state index contributed by atoms with van der Waals surface area (Å²) in [5.74, 6) is 0.231. The lowest BCUT2D eigenvalue weighted by Gasteiger charge is -2.27. The van der Waals surface area contributed by atoms with Gasteiger partial charge in [0.25, 0.3) is 0 Å². The number of nitrogens with zero attached hydrogens (tertiary/aromatic N) is 2. The molecule has 1 aromatic carbocycles. The maximum absolute atomic E-state index is 12.6. The summed E-state index contributed by atoms with van der Waals surface area (Å²) in [4.78, 5) is 30.8. The standard InChI is InChI=1S/C21H25N3O3/c1-21(2,3)27-20(26)24-13-7-10-17(24)19(25)23-18-12-11-16(14-22-18)15-8-5-4-6-9-15/h4-6,8-9,11-12,14,17H,7,10,13H2,1-3H3,(H,22,23,25). The van der Waals surface area contributed by atoms with Crippen LogP contribution in [0.25, 0.3) is 11.1 Å². The Morgan fingerprint density at radius 1 is 1.11 bits per heavy atom. The second-order valence-corrected chi connectivity index (χ2v) is 7.62. The second-order valence-electron chi connectivity index (χ2n) is 7.62. The first-order valence-electron chi connectivity index (χ1n) is 9.15. The Morgan fingerprint density at radius 3 is 2.48 bits per heavy atom. The number of hydrogen-bond donors (Lipinski definition) is 1. The fourth-order valence-electron chi connectivity index (χ4n) is 3.06. The van der Waals surface area contributed by atoms with E-state index in [4.69, 9.17) is 4.74 Å². The summed E-state index contributed by atoms with van der Waals surface area (Å²) in [6.07, 6.45) is 2.67. The van der Waals surface area contributed by atoms with Gasteiger partial charge < -0.3 is 10.1 Å². The first-order chi connectivity index (χ1) is 12.8. The van der Waals surface area contributed by atoms with Crippen LogP contribution in [0.1, 0.15) is 33.6 Å². The van der Waals surface area contributed by atoms with Crippen LogP contribution >= 0.6 is 0 Å². The minimum atomic E-state index is -0.588. The van der Waals surface area contributed by atoms with E-state index < -0.39 is 17.7 Å². The average molecular weight is 367 g/mol. The molecule has 27 heavy (non-hydrogen) atoms. The zero-order valence-electron chi connectivity index (χ0n) is 15.9. The van der Waals surface area contributed by atoms with Crippen LogP contribution in [0.5, 0.6) is 0 Å². The van der Waals surface area contributed by atoms with Crippen molar-refractivity contribution in [2.45, 2.75) is 45.3 Å². The van der Waals surface area contributed by atoms with Crippen LogP contribution in [0.2, 0.25) is 0 Å². The number of ether oxygens (including phenoxy) is 1. The molecule has 3 rings (SSSR count). The number of hydrogen-bond acceptors (Lipinski definition) is 4. The number of anilines is 1. The van der Waals surface area contributed by atoms with Gasteiger partial charge in [-0.05, 0) is 51.3 Å². The van der Waals surface area contributed by atoms with Crippen molar-refractivity contribution in [2.75, 3.05) is 11.9 Å². The number of likely N-dealkylation sites (tertiary alicyclic amines) is 1. The summed E-state index contributed by atoms with van der Waals surface area (Å²) >= 11 is 0. The highest BCUT2D eigenvalue weighted by Gasteiger charge is 2.36. The smallest absolute Gasteiger partial charge is 0.410 e. The highest BCUT2D eigenvalue weighted by Crippen LogP contribution is 2.23. The van der Waals surface area contributed by atoms with Crippen molar-refractivity contribution in [3.63, 3.8) is 0 Å². The fraction of sp³-hybridized carbons (Fsp3) is 0.381. The van der Waals surface area contributed by atoms with Gasteiger partial charge in [0.2, 0.25) is 5.91 Å². The second kappa shape index (κ2) is 7.78. The molecular formula is C21H25N3O3. The zero-order valence-corrected chi connectivity index (χ0v) is 15.9. The first-order valence-corrected chi connectivity index (χ1v) is 9.15. The van der Waals surface area contributed by atoms with Crippen LogP contribution in [0.15, 0.2) is 48.7 Å². The molecule has 1 aliphatic heterocycles. The lowest BCUT2D eigenvalue weighted by molar-refractivity contribution is -0.120. The highest BCUT2D eigenvalue weighted by atomic mass is 16.6. The van der Waals surface area contributed by atoms with Crippen molar-refractivity contribution in [2.24, 2.45) is 0 Å². The van der Waals surface area contributed by atoms with Crippen molar-refractivity contribution in [1.82, 2.24) is 9.88 Å². The van der Waals surface area contributed by atoms with Gasteiger partial charge in [-0.2, -0.15) is 0 Å². The van der Waals surface area contributed by atoms with Crippen LogP contribution in [0, 0.1) is 0 Å². The van der Waals surface area contributed by atoms with E-state index in [0.29, 0.717) is 18.8 Å². The Labute approximate surface area is 159 Å². The summed E-state index contributed by atoms with van der Waals surface area (Å²) in [6, 6.07) is 13.1. The van der Waals surface area contributed by atoms with Crippen molar-refractivity contribution < 1.29 is 14.3 Å². The highest BCUT2D eigenvalue weighted by molar-refractivity contribution is 5.96. The van der Waals surface area contributed by atoms with Gasteiger partial charge in [-0.1, -0.05) is 30.3 Å². The lowest BCUT2D eigenvalue weighted by atomic mass is 10.1. The van der Waals surface area contributed by atoms with Gasteiger partial charge in [0, 0.05) is 18.3 Å². The Bertz CT molecular complexity index is 798. The van der Waals surface area contributed by atoms with E-state index in [-0.39, 0.29) is 5.91 Å². The molecule has 0 radical (unpaired) electrons. The van der Waals surface area contributed by atoms with Crippen LogP contribution < -0.4 is 5.32 Å². The molecule has 0 bridgehead atoms. The minimum absolute atomic E-state index is 0.238. The average Bonchev–Trinajstić information content (AvgIpc) is 3.12. The molecule has 1 N–H and O–H groups in total. The predicted molar refractivity (Wildman–Crippen MR) is 104 cm³/mol. The van der Waals surface area contributed by atoms with E-state index in [1.165, 1.54) is 4.90 Å². The van der Waals surface area contributed by atoms with Gasteiger partial charge in [-0.3, -0.25) is 9.69 Å². The number of nitrogens with one attached hydrogen (secondary N) is 1. The maximum Gasteiger partial charge on any atom is 0.410 e. The number of rotatable bonds is 3. The molecule has 0 saturated carbocycles. The van der Waals surface area contributed by atoms with E-state index in [2.05, 4.69) is 10.3 Å². The summed E-state index contributed by atoms with van der Waals surface area (Å²) < 4.78 is 5.41. The molecule has 2 heterocycles. The van der Waals surface area contributed by atoms with Gasteiger partial charge in [-0.25, -0.2) is 9.78 Å². The molecule has 6 heteroatoms. The molecule has 1 aromatic heterocycles. The molecule has 1 atom stereocenters. The number of carbonyl (C=O) groups excluding carboxylic acids is 2. The van der Waals surface area contributed by atoms with Gasteiger partial charge in [-0.15, -0.1) is 0 Å². The summed E-state index contributed by atoms with van der Waals surface area (Å²) in [5, 5.41) is 2.81. The molecule has 1 aliphatic rings. The van der Waals surface area contributed by atoms with Gasteiger partial charge in [0.1, 0.15) is 17.5 Å². The first kappa shape index (κ1) is 18.9. The van der Waals surface area contributed by atoms with Crippen molar-refractivity contribution in [3.8, 4) is 11.1 Å². The third-order valence-corrected chi connectivity index (χ3v) is 4.31. The molecule has 0 aliphatic carbocycles. The van der Waals surface area contributed by atoms with Crippen LogP contribution in [0.3, 0.4) is 0 Å². The van der Waals surface area contributed by atoms with Crippen LogP contribution in [-0.2, 0) is 9.53 Å². The summed E-state index contributed by atoms with van der Waals surface area (Å²) in [7, 11) is 0. The number of pyridine rings is 1. The molecule has 2 amide bonds. The normalized spacial score (nSPS) is 16.9. The quantitative estimate of drug-likeness (QED) is 0.887. The molecule has 1 saturated heterocycles. The van der Waals surface area contributed by atoms with E-state index in [9.17, 15) is 9.59 Å². The maximum atomic E-state index is 12.6. The van der Waals surface area contributed by atoms with E-state index in [1.807, 2.05) is 57.2 Å². The largest absolute Gasteiger partial charge is 0.444 e. The van der Waals surface area contributed by atoms with Crippen molar-refractivity contribution in [3.05, 3.63) is 48.7 Å². The topological polar surface area (TPSA) is 71.5 Å². The lowest BCUT2D eigenvalue weighted by Crippen LogP contribution is -2.45. The van der Waals surface area contributed by atoms with Gasteiger partial charge >= 0.3 is 6.09 Å². The zero-order chi connectivity index (χ0) is 19.4. The Morgan fingerprint density at radius 2 is 1.85 bits per heavy atom.